The summed E-state index contributed by atoms with van der Waals surface area (Å²) in [6, 6.07) is 7.12. The Balaban J connectivity index is 1.62. The first kappa shape index (κ1) is 24.8. The Hall–Kier alpha value is -4.35. The van der Waals surface area contributed by atoms with Gasteiger partial charge in [-0.15, -0.1) is 0 Å². The van der Waals surface area contributed by atoms with Crippen LogP contribution in [0.2, 0.25) is 0 Å². The average Bonchev–Trinajstić information content (AvgIpc) is 3.33. The molecule has 4 aromatic rings. The van der Waals surface area contributed by atoms with E-state index in [1.165, 1.54) is 17.9 Å². The van der Waals surface area contributed by atoms with E-state index in [4.69, 9.17) is 14.0 Å². The van der Waals surface area contributed by atoms with Crippen LogP contribution in [-0.4, -0.2) is 26.4 Å². The molecular formula is C24H21F3N4O5. The van der Waals surface area contributed by atoms with Crippen LogP contribution in [0, 0.1) is 24.4 Å². The summed E-state index contributed by atoms with van der Waals surface area (Å²) in [5.74, 6) is -4.96. The second kappa shape index (κ2) is 10.1. The molecule has 0 spiro atoms. The Labute approximate surface area is 202 Å². The smallest absolute Gasteiger partial charge is 0.331 e. The fourth-order valence-corrected chi connectivity index (χ4v) is 3.51. The molecule has 2 heterocycles. The lowest BCUT2D eigenvalue weighted by molar-refractivity contribution is 0.268. The predicted octanol–water partition coefficient (Wildman–Crippen LogP) is 3.44. The number of halogens is 3. The van der Waals surface area contributed by atoms with Gasteiger partial charge in [-0.05, 0) is 37.6 Å². The van der Waals surface area contributed by atoms with Gasteiger partial charge in [-0.25, -0.2) is 13.6 Å². The maximum Gasteiger partial charge on any atom is 0.331 e. The van der Waals surface area contributed by atoms with E-state index in [9.17, 15) is 18.4 Å². The summed E-state index contributed by atoms with van der Waals surface area (Å²) < 4.78 is 61.4. The molecule has 0 aliphatic carbocycles. The van der Waals surface area contributed by atoms with E-state index in [0.29, 0.717) is 22.9 Å². The minimum atomic E-state index is -1.51. The molecule has 0 unspecified atom stereocenters. The summed E-state index contributed by atoms with van der Waals surface area (Å²) >= 11 is 0. The first-order valence-corrected chi connectivity index (χ1v) is 10.8. The van der Waals surface area contributed by atoms with E-state index < -0.39 is 45.9 Å². The molecule has 2 aromatic carbocycles. The lowest BCUT2D eigenvalue weighted by Gasteiger charge is -2.11. The van der Waals surface area contributed by atoms with Gasteiger partial charge in [-0.2, -0.15) is 9.37 Å². The van der Waals surface area contributed by atoms with Gasteiger partial charge in [0.1, 0.15) is 12.4 Å². The van der Waals surface area contributed by atoms with Gasteiger partial charge in [0.2, 0.25) is 5.82 Å². The van der Waals surface area contributed by atoms with Crippen LogP contribution in [0.1, 0.15) is 23.9 Å². The molecule has 188 valence electrons. The summed E-state index contributed by atoms with van der Waals surface area (Å²) in [4.78, 5) is 28.6. The highest BCUT2D eigenvalue weighted by Crippen LogP contribution is 2.33. The van der Waals surface area contributed by atoms with Crippen LogP contribution in [0.5, 0.6) is 11.5 Å². The van der Waals surface area contributed by atoms with Crippen molar-refractivity contribution in [1.82, 2.24) is 19.3 Å². The largest absolute Gasteiger partial charge is 0.497 e. The Morgan fingerprint density at radius 2 is 1.81 bits per heavy atom. The highest BCUT2D eigenvalue weighted by atomic mass is 19.2. The monoisotopic (exact) mass is 502 g/mol. The molecule has 4 rings (SSSR count). The number of aryl methyl sites for hydroxylation is 1. The molecule has 0 amide bonds. The van der Waals surface area contributed by atoms with E-state index in [2.05, 4.69) is 10.1 Å². The van der Waals surface area contributed by atoms with Crippen molar-refractivity contribution in [2.45, 2.75) is 33.5 Å². The van der Waals surface area contributed by atoms with Crippen LogP contribution in [0.25, 0.3) is 11.5 Å². The van der Waals surface area contributed by atoms with Crippen LogP contribution in [-0.2, 0) is 19.7 Å². The van der Waals surface area contributed by atoms with Crippen molar-refractivity contribution in [3.8, 4) is 23.0 Å². The fourth-order valence-electron chi connectivity index (χ4n) is 3.51. The van der Waals surface area contributed by atoms with Crippen LogP contribution in [0.15, 0.2) is 50.6 Å². The Morgan fingerprint density at radius 1 is 1.08 bits per heavy atom. The standard InChI is InChI=1S/C24H21F3N4O5/c1-4-31-23(32)13(2)10-30(24(31)33)11-18-28-22(36-29-18)16-9-17(25)20(27)21(19(16)26)35-12-14-5-7-15(34-3)8-6-14/h5-10H,4,11-12H2,1-3H3. The molecule has 0 N–H and O–H groups in total. The molecule has 9 nitrogen and oxygen atoms in total. The summed E-state index contributed by atoms with van der Waals surface area (Å²) in [7, 11) is 1.50. The fraction of sp³-hybridized carbons (Fsp3) is 0.250. The highest BCUT2D eigenvalue weighted by molar-refractivity contribution is 5.58. The number of hydrogen-bond acceptors (Lipinski definition) is 7. The highest BCUT2D eigenvalue weighted by Gasteiger charge is 2.25. The van der Waals surface area contributed by atoms with Crippen molar-refractivity contribution in [2.24, 2.45) is 0 Å². The molecule has 0 aliphatic rings. The van der Waals surface area contributed by atoms with Crippen LogP contribution in [0.3, 0.4) is 0 Å². The second-order valence-electron chi connectivity index (χ2n) is 7.79. The van der Waals surface area contributed by atoms with E-state index >= 15 is 4.39 Å². The number of ether oxygens (including phenoxy) is 2. The topological polar surface area (TPSA) is 101 Å². The average molecular weight is 502 g/mol. The SMILES string of the molecule is CCn1c(=O)c(C)cn(Cc2noc(-c3cc(F)c(F)c(OCc4ccc(OC)cc4)c3F)n2)c1=O. The predicted molar refractivity (Wildman–Crippen MR) is 121 cm³/mol. The van der Waals surface area contributed by atoms with Crippen molar-refractivity contribution in [3.05, 3.63) is 91.8 Å². The third kappa shape index (κ3) is 4.74. The van der Waals surface area contributed by atoms with Gasteiger partial charge < -0.3 is 14.0 Å². The lowest BCUT2D eigenvalue weighted by atomic mass is 10.1. The number of hydrogen-bond donors (Lipinski definition) is 0. The van der Waals surface area contributed by atoms with Crippen LogP contribution in [0.4, 0.5) is 13.2 Å². The third-order valence-electron chi connectivity index (χ3n) is 5.39. The number of aromatic nitrogens is 4. The van der Waals surface area contributed by atoms with Crippen LogP contribution < -0.4 is 20.7 Å². The molecular weight excluding hydrogens is 481 g/mol. The zero-order valence-electron chi connectivity index (χ0n) is 19.5. The molecule has 0 saturated carbocycles. The van der Waals surface area contributed by atoms with Crippen molar-refractivity contribution < 1.29 is 27.2 Å². The molecule has 36 heavy (non-hydrogen) atoms. The number of methoxy groups -OCH3 is 1. The minimum Gasteiger partial charge on any atom is -0.497 e. The molecule has 0 saturated heterocycles. The van der Waals surface area contributed by atoms with E-state index in [0.717, 1.165) is 4.57 Å². The van der Waals surface area contributed by atoms with Gasteiger partial charge in [0.25, 0.3) is 11.4 Å². The molecule has 0 atom stereocenters. The van der Waals surface area contributed by atoms with Crippen molar-refractivity contribution in [3.63, 3.8) is 0 Å². The van der Waals surface area contributed by atoms with Gasteiger partial charge in [-0.3, -0.25) is 13.9 Å². The molecule has 12 heteroatoms. The second-order valence-corrected chi connectivity index (χ2v) is 7.79. The lowest BCUT2D eigenvalue weighted by Crippen LogP contribution is -2.40. The third-order valence-corrected chi connectivity index (χ3v) is 5.39. The first-order chi connectivity index (χ1) is 17.2. The maximum absolute atomic E-state index is 15.1. The number of rotatable bonds is 8. The quantitative estimate of drug-likeness (QED) is 0.340. The molecule has 0 radical (unpaired) electrons. The zero-order chi connectivity index (χ0) is 26.0. The Morgan fingerprint density at radius 3 is 2.47 bits per heavy atom. The van der Waals surface area contributed by atoms with E-state index in [1.807, 2.05) is 0 Å². The van der Waals surface area contributed by atoms with Gasteiger partial charge in [0, 0.05) is 18.3 Å². The maximum atomic E-state index is 15.1. The number of nitrogens with zero attached hydrogens (tertiary/aromatic N) is 4. The van der Waals surface area contributed by atoms with Crippen LogP contribution >= 0.6 is 0 Å². The van der Waals surface area contributed by atoms with Crippen molar-refractivity contribution >= 4 is 0 Å². The first-order valence-electron chi connectivity index (χ1n) is 10.8. The summed E-state index contributed by atoms with van der Waals surface area (Å²) in [6.45, 7) is 2.92. The molecule has 0 aliphatic heterocycles. The summed E-state index contributed by atoms with van der Waals surface area (Å²) in [6.07, 6.45) is 1.34. The van der Waals surface area contributed by atoms with E-state index in [1.54, 1.807) is 38.1 Å². The van der Waals surface area contributed by atoms with Gasteiger partial charge in [0.15, 0.2) is 23.2 Å². The summed E-state index contributed by atoms with van der Waals surface area (Å²) in [5, 5.41) is 3.70. The molecule has 0 fully saturated rings. The van der Waals surface area contributed by atoms with Gasteiger partial charge in [0.05, 0.1) is 19.2 Å². The molecule has 2 aromatic heterocycles. The minimum absolute atomic E-state index is 0.0439. The van der Waals surface area contributed by atoms with Gasteiger partial charge >= 0.3 is 5.69 Å². The van der Waals surface area contributed by atoms with E-state index in [-0.39, 0.29) is 25.5 Å². The van der Waals surface area contributed by atoms with Gasteiger partial charge in [-0.1, -0.05) is 17.3 Å². The van der Waals surface area contributed by atoms with Crippen molar-refractivity contribution in [1.29, 1.82) is 0 Å². The zero-order valence-corrected chi connectivity index (χ0v) is 19.5. The Bertz CT molecular complexity index is 1530. The van der Waals surface area contributed by atoms with Crippen molar-refractivity contribution in [2.75, 3.05) is 7.11 Å². The number of benzene rings is 2. The normalized spacial score (nSPS) is 11.1. The summed E-state index contributed by atoms with van der Waals surface area (Å²) in [5.41, 5.74) is -0.634. The Kier molecular flexibility index (Phi) is 6.95. The molecule has 0 bridgehead atoms.